The molecule has 0 aliphatic rings. The first kappa shape index (κ1) is 27.3. The van der Waals surface area contributed by atoms with Gasteiger partial charge in [0.05, 0.1) is 17.0 Å². The van der Waals surface area contributed by atoms with Crippen molar-refractivity contribution in [3.05, 3.63) is 137 Å². The number of likely N-dealkylation sites (N-methyl/N-ethyl adjacent to an activating group) is 1. The Hall–Kier alpha value is -4.75. The number of carbonyl (C=O) groups excluding carboxylic acids is 3. The zero-order chi connectivity index (χ0) is 27.5. The number of benzene rings is 4. The molecule has 0 saturated heterocycles. The van der Waals surface area contributed by atoms with Gasteiger partial charge < -0.3 is 20.1 Å². The Morgan fingerprint density at radius 2 is 1.13 bits per heavy atom. The van der Waals surface area contributed by atoms with Crippen LogP contribution in [0.1, 0.15) is 43.3 Å². The Balaban J connectivity index is 1.57. The monoisotopic (exact) mass is 522 g/mol. The summed E-state index contributed by atoms with van der Waals surface area (Å²) in [6.45, 7) is 0.547. The van der Waals surface area contributed by atoms with Crippen molar-refractivity contribution in [1.82, 2.24) is 5.32 Å². The Morgan fingerprint density at radius 3 is 1.59 bits per heavy atom. The molecule has 39 heavy (non-hydrogen) atoms. The number of carbonyl (C=O) groups is 3. The van der Waals surface area contributed by atoms with Gasteiger partial charge in [-0.05, 0) is 41.9 Å². The Kier molecular flexibility index (Phi) is 9.58. The number of nitrogens with one attached hydrogen (secondary N) is 2. The van der Waals surface area contributed by atoms with Crippen LogP contribution < -0.4 is 10.6 Å². The molecule has 0 spiro atoms. The lowest BCUT2D eigenvalue weighted by atomic mass is 9.98. The van der Waals surface area contributed by atoms with Gasteiger partial charge in [0.25, 0.3) is 0 Å². The average molecular weight is 523 g/mol. The summed E-state index contributed by atoms with van der Waals surface area (Å²) in [7, 11) is 1.77. The van der Waals surface area contributed by atoms with Crippen molar-refractivity contribution in [3.8, 4) is 0 Å². The molecule has 7 nitrogen and oxygen atoms in total. The number of rotatable bonds is 11. The molecule has 0 bridgehead atoms. The van der Waals surface area contributed by atoms with Crippen LogP contribution >= 0.6 is 0 Å². The minimum Gasteiger partial charge on any atom is -0.457 e. The molecule has 0 aromatic heterocycles. The Labute approximate surface area is 227 Å². The molecule has 7 heteroatoms. The highest BCUT2D eigenvalue weighted by atomic mass is 16.5. The second kappa shape index (κ2) is 13.7. The van der Waals surface area contributed by atoms with Gasteiger partial charge in [-0.15, -0.1) is 0 Å². The van der Waals surface area contributed by atoms with Gasteiger partial charge in [-0.2, -0.15) is 0 Å². The summed E-state index contributed by atoms with van der Waals surface area (Å²) >= 11 is 0. The van der Waals surface area contributed by atoms with Gasteiger partial charge in [0.1, 0.15) is 13.2 Å². The summed E-state index contributed by atoms with van der Waals surface area (Å²) < 4.78 is 11.0. The van der Waals surface area contributed by atoms with Crippen LogP contribution in [0.5, 0.6) is 0 Å². The van der Waals surface area contributed by atoms with E-state index in [2.05, 4.69) is 10.6 Å². The number of anilines is 1. The topological polar surface area (TPSA) is 93.7 Å². The molecule has 1 atom stereocenters. The molecule has 1 unspecified atom stereocenters. The lowest BCUT2D eigenvalue weighted by Crippen LogP contribution is -2.29. The molecule has 1 amide bonds. The van der Waals surface area contributed by atoms with E-state index in [-0.39, 0.29) is 35.9 Å². The zero-order valence-electron chi connectivity index (χ0n) is 21.6. The first-order valence-corrected chi connectivity index (χ1v) is 12.6. The third-order valence-corrected chi connectivity index (χ3v) is 6.02. The first-order chi connectivity index (χ1) is 19.0. The number of hydrogen-bond donors (Lipinski definition) is 2. The van der Waals surface area contributed by atoms with E-state index in [0.29, 0.717) is 6.54 Å². The number of amides is 1. The molecule has 0 aliphatic carbocycles. The highest BCUT2D eigenvalue weighted by Crippen LogP contribution is 2.22. The van der Waals surface area contributed by atoms with E-state index in [0.717, 1.165) is 16.7 Å². The van der Waals surface area contributed by atoms with E-state index in [4.69, 9.17) is 9.47 Å². The van der Waals surface area contributed by atoms with Gasteiger partial charge in [0, 0.05) is 12.2 Å². The first-order valence-electron chi connectivity index (χ1n) is 12.6. The van der Waals surface area contributed by atoms with Gasteiger partial charge in [0.15, 0.2) is 0 Å². The predicted molar refractivity (Wildman–Crippen MR) is 149 cm³/mol. The van der Waals surface area contributed by atoms with Crippen molar-refractivity contribution in [3.63, 3.8) is 0 Å². The second-order valence-corrected chi connectivity index (χ2v) is 8.93. The standard InChI is InChI=1S/C32H30N2O5/c1-33-20-29(25-15-9-4-10-16-25)30(35)34-28-18-26(31(36)38-21-23-11-5-2-6-12-23)17-27(19-28)32(37)39-22-24-13-7-3-8-14-24/h2-19,29,33H,20-22H2,1H3,(H,34,35). The average Bonchev–Trinajstić information content (AvgIpc) is 2.98. The van der Waals surface area contributed by atoms with E-state index in [1.165, 1.54) is 18.2 Å². The maximum atomic E-state index is 13.3. The molecule has 0 fully saturated rings. The highest BCUT2D eigenvalue weighted by molar-refractivity contribution is 6.01. The predicted octanol–water partition coefficient (Wildman–Crippen LogP) is 5.34. The van der Waals surface area contributed by atoms with Gasteiger partial charge in [-0.3, -0.25) is 4.79 Å². The third kappa shape index (κ3) is 7.87. The summed E-state index contributed by atoms with van der Waals surface area (Å²) in [5.41, 5.74) is 3.04. The fourth-order valence-corrected chi connectivity index (χ4v) is 4.03. The highest BCUT2D eigenvalue weighted by Gasteiger charge is 2.22. The molecule has 198 valence electrons. The van der Waals surface area contributed by atoms with Crippen LogP contribution in [0.25, 0.3) is 0 Å². The van der Waals surface area contributed by atoms with Crippen molar-refractivity contribution in [1.29, 1.82) is 0 Å². The lowest BCUT2D eigenvalue weighted by molar-refractivity contribution is -0.117. The van der Waals surface area contributed by atoms with Crippen molar-refractivity contribution < 1.29 is 23.9 Å². The summed E-state index contributed by atoms with van der Waals surface area (Å²) in [4.78, 5) is 39.2. The molecular formula is C32H30N2O5. The van der Waals surface area contributed by atoms with Gasteiger partial charge >= 0.3 is 11.9 Å². The Morgan fingerprint density at radius 1 is 0.667 bits per heavy atom. The maximum Gasteiger partial charge on any atom is 0.338 e. The van der Waals surface area contributed by atoms with Crippen LogP contribution in [-0.2, 0) is 27.5 Å². The van der Waals surface area contributed by atoms with E-state index in [1.54, 1.807) is 7.05 Å². The summed E-state index contributed by atoms with van der Waals surface area (Å²) in [5, 5.41) is 5.92. The minimum atomic E-state index is -0.623. The van der Waals surface area contributed by atoms with Crippen molar-refractivity contribution >= 4 is 23.5 Å². The van der Waals surface area contributed by atoms with E-state index in [1.807, 2.05) is 91.0 Å². The van der Waals surface area contributed by atoms with E-state index < -0.39 is 17.9 Å². The van der Waals surface area contributed by atoms with E-state index >= 15 is 0 Å². The lowest BCUT2D eigenvalue weighted by Gasteiger charge is -2.18. The van der Waals surface area contributed by atoms with Gasteiger partial charge in [-0.25, -0.2) is 9.59 Å². The molecule has 2 N–H and O–H groups in total. The van der Waals surface area contributed by atoms with Crippen molar-refractivity contribution in [2.75, 3.05) is 18.9 Å². The van der Waals surface area contributed by atoms with Crippen LogP contribution in [0.2, 0.25) is 0 Å². The molecule has 4 rings (SSSR count). The van der Waals surface area contributed by atoms with Gasteiger partial charge in [0.2, 0.25) is 5.91 Å². The zero-order valence-corrected chi connectivity index (χ0v) is 21.6. The van der Waals surface area contributed by atoms with E-state index in [9.17, 15) is 14.4 Å². The third-order valence-electron chi connectivity index (χ3n) is 6.02. The molecule has 0 radical (unpaired) electrons. The smallest absolute Gasteiger partial charge is 0.338 e. The Bertz CT molecular complexity index is 1320. The SMILES string of the molecule is CNCC(C(=O)Nc1cc(C(=O)OCc2ccccc2)cc(C(=O)OCc2ccccc2)c1)c1ccccc1. The van der Waals surface area contributed by atoms with Crippen LogP contribution in [0.3, 0.4) is 0 Å². The fourth-order valence-electron chi connectivity index (χ4n) is 4.03. The van der Waals surface area contributed by atoms with Gasteiger partial charge in [-0.1, -0.05) is 91.0 Å². The normalized spacial score (nSPS) is 11.3. The van der Waals surface area contributed by atoms with Crippen LogP contribution in [0, 0.1) is 0 Å². The summed E-state index contributed by atoms with van der Waals surface area (Å²) in [6.07, 6.45) is 0. The van der Waals surface area contributed by atoms with Crippen LogP contribution in [-0.4, -0.2) is 31.4 Å². The second-order valence-electron chi connectivity index (χ2n) is 8.93. The molecular weight excluding hydrogens is 492 g/mol. The summed E-state index contributed by atoms with van der Waals surface area (Å²) in [6, 6.07) is 32.4. The van der Waals surface area contributed by atoms with Crippen molar-refractivity contribution in [2.24, 2.45) is 0 Å². The number of esters is 2. The summed E-state index contributed by atoms with van der Waals surface area (Å²) in [5.74, 6) is -2.02. The van der Waals surface area contributed by atoms with Crippen LogP contribution in [0.4, 0.5) is 5.69 Å². The minimum absolute atomic E-state index is 0.0717. The number of ether oxygens (including phenoxy) is 2. The molecule has 0 aliphatic heterocycles. The van der Waals surface area contributed by atoms with Crippen molar-refractivity contribution in [2.45, 2.75) is 19.1 Å². The molecule has 0 heterocycles. The fraction of sp³-hybridized carbons (Fsp3) is 0.156. The van der Waals surface area contributed by atoms with Crippen LogP contribution in [0.15, 0.2) is 109 Å². The molecule has 4 aromatic carbocycles. The molecule has 0 saturated carbocycles. The molecule has 4 aromatic rings. The maximum absolute atomic E-state index is 13.3. The largest absolute Gasteiger partial charge is 0.457 e. The number of hydrogen-bond acceptors (Lipinski definition) is 6. The quantitative estimate of drug-likeness (QED) is 0.258.